The molecule has 6 aromatic carbocycles. The van der Waals surface area contributed by atoms with Crippen molar-refractivity contribution >= 4 is 76.3 Å². The highest BCUT2D eigenvalue weighted by Gasteiger charge is 2.18. The smallest absolute Gasteiger partial charge is 0.135 e. The lowest BCUT2D eigenvalue weighted by Crippen LogP contribution is -1.93. The number of benzene rings is 6. The van der Waals surface area contributed by atoms with E-state index in [1.807, 2.05) is 24.3 Å². The minimum absolute atomic E-state index is 0.0927. The highest BCUT2D eigenvalue weighted by atomic mass is 16.3. The Morgan fingerprint density at radius 1 is 0.595 bits per heavy atom. The third-order valence-corrected chi connectivity index (χ3v) is 7.64. The number of furan rings is 1. The first-order chi connectivity index (χ1) is 20.0. The highest BCUT2D eigenvalue weighted by Crippen LogP contribution is 2.41. The van der Waals surface area contributed by atoms with E-state index in [9.17, 15) is 0 Å². The highest BCUT2D eigenvalue weighted by molar-refractivity contribution is 6.25. The second-order valence-electron chi connectivity index (χ2n) is 9.59. The SMILES string of the molecule is [2H]c1c([2H])c([2H])c2c(oc3ccc(-n4c5cc6[nH]c7ccccc7c6cc5c5c6ccccc6ccc54)cc32)c1[2H]. The van der Waals surface area contributed by atoms with Gasteiger partial charge in [0.15, 0.2) is 0 Å². The van der Waals surface area contributed by atoms with Gasteiger partial charge < -0.3 is 14.0 Å². The van der Waals surface area contributed by atoms with E-state index >= 15 is 0 Å². The van der Waals surface area contributed by atoms with Gasteiger partial charge in [-0.05, 0) is 59.3 Å². The molecule has 172 valence electrons. The normalized spacial score (nSPS) is 13.8. The Kier molecular flexibility index (Phi) is 2.92. The molecule has 0 aliphatic carbocycles. The summed E-state index contributed by atoms with van der Waals surface area (Å²) in [4.78, 5) is 3.59. The van der Waals surface area contributed by atoms with Crippen LogP contribution in [0.2, 0.25) is 0 Å². The summed E-state index contributed by atoms with van der Waals surface area (Å²) in [7, 11) is 0. The van der Waals surface area contributed by atoms with Crippen molar-refractivity contribution in [1.82, 2.24) is 9.55 Å². The predicted octanol–water partition coefficient (Wildman–Crippen LogP) is 9.47. The maximum atomic E-state index is 8.60. The topological polar surface area (TPSA) is 33.9 Å². The number of fused-ring (bicyclic) bond motifs is 11. The lowest BCUT2D eigenvalue weighted by molar-refractivity contribution is 0.669. The molecule has 3 heteroatoms. The summed E-state index contributed by atoms with van der Waals surface area (Å²) in [6, 6.07) is 30.6. The Morgan fingerprint density at radius 2 is 1.46 bits per heavy atom. The summed E-state index contributed by atoms with van der Waals surface area (Å²) in [5, 5.41) is 8.09. The molecule has 0 saturated heterocycles. The van der Waals surface area contributed by atoms with Crippen molar-refractivity contribution in [2.45, 2.75) is 0 Å². The average Bonchev–Trinajstić information content (AvgIpc) is 3.66. The number of hydrogen-bond acceptors (Lipinski definition) is 1. The van der Waals surface area contributed by atoms with E-state index in [0.29, 0.717) is 16.4 Å². The van der Waals surface area contributed by atoms with Crippen LogP contribution in [0.5, 0.6) is 0 Å². The number of rotatable bonds is 1. The van der Waals surface area contributed by atoms with E-state index in [0.717, 1.165) is 33.1 Å². The van der Waals surface area contributed by atoms with Gasteiger partial charge in [-0.2, -0.15) is 0 Å². The summed E-state index contributed by atoms with van der Waals surface area (Å²) in [6.07, 6.45) is 0. The van der Waals surface area contributed by atoms with Crippen molar-refractivity contribution in [1.29, 1.82) is 0 Å². The monoisotopic (exact) mass is 476 g/mol. The van der Waals surface area contributed by atoms with Crippen LogP contribution in [0.4, 0.5) is 0 Å². The molecule has 1 N–H and O–H groups in total. The number of nitrogens with one attached hydrogen (secondary N) is 1. The number of aromatic amines is 1. The summed E-state index contributed by atoms with van der Waals surface area (Å²) in [5.74, 6) is 0. The maximum Gasteiger partial charge on any atom is 0.135 e. The predicted molar refractivity (Wildman–Crippen MR) is 155 cm³/mol. The van der Waals surface area contributed by atoms with Crippen molar-refractivity contribution < 1.29 is 9.90 Å². The molecule has 0 unspecified atom stereocenters. The van der Waals surface area contributed by atoms with E-state index < -0.39 is 0 Å². The molecule has 0 aliphatic heterocycles. The van der Waals surface area contributed by atoms with Crippen LogP contribution in [0.15, 0.2) is 120 Å². The lowest BCUT2D eigenvalue weighted by Gasteiger charge is -2.09. The molecule has 0 saturated carbocycles. The fraction of sp³-hybridized carbons (Fsp3) is 0. The third-order valence-electron chi connectivity index (χ3n) is 7.64. The van der Waals surface area contributed by atoms with Gasteiger partial charge in [-0.25, -0.2) is 0 Å². The molecule has 37 heavy (non-hydrogen) atoms. The molecule has 3 aromatic heterocycles. The molecule has 9 rings (SSSR count). The van der Waals surface area contributed by atoms with Crippen molar-refractivity contribution in [3.8, 4) is 5.69 Å². The van der Waals surface area contributed by atoms with Crippen molar-refractivity contribution in [3.63, 3.8) is 0 Å². The van der Waals surface area contributed by atoms with Crippen LogP contribution in [0.25, 0.3) is 82.0 Å². The van der Waals surface area contributed by atoms with Gasteiger partial charge >= 0.3 is 0 Å². The molecule has 3 nitrogen and oxygen atoms in total. The van der Waals surface area contributed by atoms with Gasteiger partial charge in [-0.1, -0.05) is 66.7 Å². The second kappa shape index (κ2) is 6.80. The minimum atomic E-state index is -0.293. The lowest BCUT2D eigenvalue weighted by atomic mass is 10.0. The van der Waals surface area contributed by atoms with Gasteiger partial charge in [0.05, 0.1) is 16.5 Å². The van der Waals surface area contributed by atoms with E-state index in [2.05, 4.69) is 76.3 Å². The van der Waals surface area contributed by atoms with Crippen LogP contribution >= 0.6 is 0 Å². The molecule has 0 aliphatic rings. The van der Waals surface area contributed by atoms with Crippen LogP contribution in [0.3, 0.4) is 0 Å². The molecule has 0 atom stereocenters. The molecular formula is C34H20N2O. The molecule has 9 aromatic rings. The van der Waals surface area contributed by atoms with Crippen molar-refractivity contribution in [2.75, 3.05) is 0 Å². The fourth-order valence-electron chi connectivity index (χ4n) is 6.03. The number of aromatic nitrogens is 2. The summed E-state index contributed by atoms with van der Waals surface area (Å²) < 4.78 is 41.5. The molecule has 0 radical (unpaired) electrons. The minimum Gasteiger partial charge on any atom is -0.456 e. The molecule has 0 bridgehead atoms. The first-order valence-electron chi connectivity index (χ1n) is 14.3. The van der Waals surface area contributed by atoms with Gasteiger partial charge in [-0.3, -0.25) is 0 Å². The molecule has 0 fully saturated rings. The van der Waals surface area contributed by atoms with E-state index in [1.165, 1.54) is 26.9 Å². The number of nitrogens with zero attached hydrogens (tertiary/aromatic N) is 1. The van der Waals surface area contributed by atoms with E-state index in [1.54, 1.807) is 0 Å². The number of H-pyrrole nitrogens is 1. The van der Waals surface area contributed by atoms with Crippen LogP contribution in [0, 0.1) is 0 Å². The molecular weight excluding hydrogens is 452 g/mol. The van der Waals surface area contributed by atoms with E-state index in [4.69, 9.17) is 9.90 Å². The quantitative estimate of drug-likeness (QED) is 0.251. The van der Waals surface area contributed by atoms with Crippen LogP contribution in [-0.2, 0) is 0 Å². The zero-order chi connectivity index (χ0) is 27.6. The van der Waals surface area contributed by atoms with Gasteiger partial charge in [-0.15, -0.1) is 0 Å². The third kappa shape index (κ3) is 2.50. The molecule has 3 heterocycles. The average molecular weight is 477 g/mol. The van der Waals surface area contributed by atoms with Gasteiger partial charge in [0, 0.05) is 49.0 Å². The molecule has 0 amide bonds. The van der Waals surface area contributed by atoms with Gasteiger partial charge in [0.1, 0.15) is 11.2 Å². The Bertz CT molecular complexity index is 2590. The van der Waals surface area contributed by atoms with Gasteiger partial charge in [0.25, 0.3) is 0 Å². The van der Waals surface area contributed by atoms with Crippen molar-refractivity contribution in [3.05, 3.63) is 115 Å². The second-order valence-corrected chi connectivity index (χ2v) is 9.59. The van der Waals surface area contributed by atoms with Crippen LogP contribution in [0.1, 0.15) is 5.48 Å². The first-order valence-corrected chi connectivity index (χ1v) is 12.3. The number of para-hydroxylation sites is 2. The standard InChI is InChI=1S/C34H20N2O/c1-2-8-22-20(7-1)13-15-30-34(22)27-18-25-23-9-3-5-11-28(23)35-29(25)19-31(27)36(30)21-14-16-33-26(17-21)24-10-4-6-12-32(24)37-33/h1-19,35H/i4D,6D,10D,12D. The fourth-order valence-corrected chi connectivity index (χ4v) is 6.03. The van der Waals surface area contributed by atoms with Crippen molar-refractivity contribution in [2.24, 2.45) is 0 Å². The maximum absolute atomic E-state index is 8.60. The summed E-state index contributed by atoms with van der Waals surface area (Å²) in [6.45, 7) is 0. The van der Waals surface area contributed by atoms with E-state index in [-0.39, 0.29) is 29.8 Å². The first kappa shape index (κ1) is 15.9. The molecule has 0 spiro atoms. The Labute approximate surface area is 216 Å². The van der Waals surface area contributed by atoms with Crippen LogP contribution < -0.4 is 0 Å². The zero-order valence-electron chi connectivity index (χ0n) is 23.5. The van der Waals surface area contributed by atoms with Crippen LogP contribution in [-0.4, -0.2) is 9.55 Å². The summed E-state index contributed by atoms with van der Waals surface area (Å²) >= 11 is 0. The summed E-state index contributed by atoms with van der Waals surface area (Å²) in [5.41, 5.74) is 5.84. The zero-order valence-corrected chi connectivity index (χ0v) is 19.5. The Balaban J connectivity index is 1.46. The Hall–Kier alpha value is -5.02. The largest absolute Gasteiger partial charge is 0.456 e. The number of hydrogen-bond donors (Lipinski definition) is 1. The Morgan fingerprint density at radius 3 is 2.43 bits per heavy atom. The van der Waals surface area contributed by atoms with Gasteiger partial charge in [0.2, 0.25) is 0 Å².